The molecule has 2 amide bonds. The van der Waals surface area contributed by atoms with Gasteiger partial charge in [-0.15, -0.1) is 0 Å². The lowest BCUT2D eigenvalue weighted by Crippen LogP contribution is -2.42. The third-order valence-corrected chi connectivity index (χ3v) is 8.13. The third kappa shape index (κ3) is 6.51. The van der Waals surface area contributed by atoms with Crippen molar-refractivity contribution < 1.29 is 28.5 Å². The van der Waals surface area contributed by atoms with Crippen LogP contribution in [0.2, 0.25) is 5.02 Å². The van der Waals surface area contributed by atoms with Gasteiger partial charge in [-0.25, -0.2) is 0 Å². The maximum Gasteiger partial charge on any atom is 0.239 e. The van der Waals surface area contributed by atoms with E-state index in [1.165, 1.54) is 0 Å². The predicted molar refractivity (Wildman–Crippen MR) is 164 cm³/mol. The zero-order valence-electron chi connectivity index (χ0n) is 24.0. The molecule has 10 heteroatoms. The Kier molecular flexibility index (Phi) is 8.60. The number of rotatable bonds is 3. The van der Waals surface area contributed by atoms with Gasteiger partial charge in [0.1, 0.15) is 13.2 Å². The first kappa shape index (κ1) is 28.7. The molecule has 0 aliphatic carbocycles. The molecule has 224 valence electrons. The van der Waals surface area contributed by atoms with Gasteiger partial charge in [-0.05, 0) is 53.8 Å². The summed E-state index contributed by atoms with van der Waals surface area (Å²) in [5.41, 5.74) is 4.99. The standard InChI is InChI=1S/C33H34ClN3O6/c1-40-28-8-7-21-15-27-24(23-5-2-3-6-26(23)36-27)9-10-35-32(38)20-37(11-4-12-41-29(28)16-21)33(39)18-22-17-30-31(19-25(22)34)43-14-13-42-30/h2-3,5-8,16-17,19,36H,4,9-15,18,20H2,1H3,(H,35,38). The van der Waals surface area contributed by atoms with Crippen LogP contribution in [0, 0.1) is 0 Å². The summed E-state index contributed by atoms with van der Waals surface area (Å²) in [5.74, 6) is 1.97. The van der Waals surface area contributed by atoms with E-state index in [9.17, 15) is 9.59 Å². The van der Waals surface area contributed by atoms with E-state index in [4.69, 9.17) is 30.5 Å². The number of para-hydroxylation sites is 1. The number of nitrogens with one attached hydrogen (secondary N) is 2. The topological polar surface area (TPSA) is 102 Å². The molecule has 0 spiro atoms. The number of amides is 2. The molecule has 2 aliphatic heterocycles. The highest BCUT2D eigenvalue weighted by molar-refractivity contribution is 6.31. The molecule has 3 aromatic carbocycles. The van der Waals surface area contributed by atoms with E-state index in [1.54, 1.807) is 24.1 Å². The summed E-state index contributed by atoms with van der Waals surface area (Å²) in [5, 5.41) is 4.57. The zero-order valence-corrected chi connectivity index (χ0v) is 24.8. The minimum Gasteiger partial charge on any atom is -0.493 e. The molecule has 0 fully saturated rings. The van der Waals surface area contributed by atoms with Crippen LogP contribution in [0.25, 0.3) is 10.9 Å². The van der Waals surface area contributed by atoms with Crippen molar-refractivity contribution in [3.63, 3.8) is 0 Å². The number of methoxy groups -OCH3 is 1. The van der Waals surface area contributed by atoms with Crippen LogP contribution in [0.15, 0.2) is 54.6 Å². The van der Waals surface area contributed by atoms with E-state index in [2.05, 4.69) is 22.4 Å². The molecule has 2 bridgehead atoms. The molecule has 2 aliphatic rings. The smallest absolute Gasteiger partial charge is 0.239 e. The molecule has 0 saturated heterocycles. The summed E-state index contributed by atoms with van der Waals surface area (Å²) < 4.78 is 23.0. The summed E-state index contributed by atoms with van der Waals surface area (Å²) >= 11 is 6.49. The van der Waals surface area contributed by atoms with Gasteiger partial charge in [0.15, 0.2) is 23.0 Å². The van der Waals surface area contributed by atoms with Crippen molar-refractivity contribution in [2.24, 2.45) is 0 Å². The van der Waals surface area contributed by atoms with Gasteiger partial charge in [0.05, 0.1) is 26.7 Å². The monoisotopic (exact) mass is 603 g/mol. The highest BCUT2D eigenvalue weighted by atomic mass is 35.5. The van der Waals surface area contributed by atoms with Crippen molar-refractivity contribution >= 4 is 34.3 Å². The largest absolute Gasteiger partial charge is 0.493 e. The van der Waals surface area contributed by atoms with Gasteiger partial charge in [-0.2, -0.15) is 0 Å². The lowest BCUT2D eigenvalue weighted by molar-refractivity contribution is -0.135. The average molecular weight is 604 g/mol. The molecule has 0 radical (unpaired) electrons. The van der Waals surface area contributed by atoms with E-state index < -0.39 is 0 Å². The number of hydrogen-bond acceptors (Lipinski definition) is 6. The average Bonchev–Trinajstić information content (AvgIpc) is 3.35. The Balaban J connectivity index is 1.24. The van der Waals surface area contributed by atoms with E-state index in [1.807, 2.05) is 30.3 Å². The summed E-state index contributed by atoms with van der Waals surface area (Å²) in [6, 6.07) is 17.6. The molecule has 0 unspecified atom stereocenters. The first-order valence-corrected chi connectivity index (χ1v) is 14.9. The van der Waals surface area contributed by atoms with Gasteiger partial charge in [0.2, 0.25) is 11.8 Å². The number of halogens is 1. The second-order valence-electron chi connectivity index (χ2n) is 10.7. The predicted octanol–water partition coefficient (Wildman–Crippen LogP) is 4.70. The quantitative estimate of drug-likeness (QED) is 0.352. The maximum atomic E-state index is 13.5. The normalized spacial score (nSPS) is 15.8. The summed E-state index contributed by atoms with van der Waals surface area (Å²) in [6.45, 7) is 1.93. The van der Waals surface area contributed by atoms with Crippen LogP contribution in [-0.4, -0.2) is 68.3 Å². The van der Waals surface area contributed by atoms with Crippen molar-refractivity contribution in [2.45, 2.75) is 25.7 Å². The fourth-order valence-electron chi connectivity index (χ4n) is 5.64. The molecule has 6 rings (SSSR count). The molecular formula is C33H34ClN3O6. The fraction of sp³-hybridized carbons (Fsp3) is 0.333. The van der Waals surface area contributed by atoms with Crippen molar-refractivity contribution in [3.05, 3.63) is 82.0 Å². The molecule has 1 aromatic heterocycles. The van der Waals surface area contributed by atoms with E-state index in [0.717, 1.165) is 27.7 Å². The van der Waals surface area contributed by atoms with Crippen LogP contribution in [0.3, 0.4) is 0 Å². The number of hydrogen-bond donors (Lipinski definition) is 2. The molecule has 3 heterocycles. The lowest BCUT2D eigenvalue weighted by Gasteiger charge is -2.24. The van der Waals surface area contributed by atoms with Crippen LogP contribution in [0.4, 0.5) is 0 Å². The Morgan fingerprint density at radius 3 is 2.63 bits per heavy atom. The van der Waals surface area contributed by atoms with E-state index in [-0.39, 0.29) is 24.8 Å². The molecule has 0 atom stereocenters. The van der Waals surface area contributed by atoms with Crippen LogP contribution in [0.5, 0.6) is 23.0 Å². The van der Waals surface area contributed by atoms with Gasteiger partial charge < -0.3 is 34.1 Å². The molecule has 43 heavy (non-hydrogen) atoms. The number of benzene rings is 3. The minimum atomic E-state index is -0.220. The molecule has 2 N–H and O–H groups in total. The number of carbonyl (C=O) groups is 2. The number of carbonyl (C=O) groups excluding carboxylic acids is 2. The Labute approximate surface area is 255 Å². The summed E-state index contributed by atoms with van der Waals surface area (Å²) in [4.78, 5) is 31.8. The minimum absolute atomic E-state index is 0.0260. The number of ether oxygens (including phenoxy) is 4. The SMILES string of the molecule is COc1ccc2cc1OCCCN(C(=O)Cc1cc3c(cc1Cl)OCCO3)CC(=O)NCCc1c([nH]c3ccccc13)C2. The van der Waals surface area contributed by atoms with Gasteiger partial charge in [-0.1, -0.05) is 35.9 Å². The van der Waals surface area contributed by atoms with E-state index in [0.29, 0.717) is 85.8 Å². The lowest BCUT2D eigenvalue weighted by atomic mass is 10.0. The fourth-order valence-corrected chi connectivity index (χ4v) is 5.86. The van der Waals surface area contributed by atoms with Crippen LogP contribution < -0.4 is 24.3 Å². The third-order valence-electron chi connectivity index (χ3n) is 7.78. The van der Waals surface area contributed by atoms with Gasteiger partial charge in [0, 0.05) is 47.2 Å². The van der Waals surface area contributed by atoms with Crippen molar-refractivity contribution in [3.8, 4) is 23.0 Å². The highest BCUT2D eigenvalue weighted by Crippen LogP contribution is 2.36. The van der Waals surface area contributed by atoms with E-state index >= 15 is 0 Å². The molecule has 0 saturated carbocycles. The Bertz CT molecular complexity index is 1650. The van der Waals surface area contributed by atoms with Gasteiger partial charge >= 0.3 is 0 Å². The maximum absolute atomic E-state index is 13.5. The van der Waals surface area contributed by atoms with Crippen molar-refractivity contribution in [2.75, 3.05) is 46.6 Å². The first-order chi connectivity index (χ1) is 21.0. The second-order valence-corrected chi connectivity index (χ2v) is 11.1. The number of aromatic nitrogens is 1. The van der Waals surface area contributed by atoms with Gasteiger partial charge in [-0.3, -0.25) is 9.59 Å². The highest BCUT2D eigenvalue weighted by Gasteiger charge is 2.22. The number of H-pyrrole nitrogens is 1. The van der Waals surface area contributed by atoms with Crippen molar-refractivity contribution in [1.29, 1.82) is 0 Å². The second kappa shape index (κ2) is 12.9. The summed E-state index contributed by atoms with van der Waals surface area (Å²) in [6.07, 6.45) is 1.87. The Morgan fingerprint density at radius 1 is 1.00 bits per heavy atom. The first-order valence-electron chi connectivity index (χ1n) is 14.5. The van der Waals surface area contributed by atoms with Crippen LogP contribution in [0.1, 0.15) is 28.8 Å². The number of nitrogens with zero attached hydrogens (tertiary/aromatic N) is 1. The summed E-state index contributed by atoms with van der Waals surface area (Å²) in [7, 11) is 1.62. The number of aromatic amines is 1. The Hall–Kier alpha value is -4.37. The van der Waals surface area contributed by atoms with Crippen LogP contribution >= 0.6 is 11.6 Å². The molecular weight excluding hydrogens is 570 g/mol. The van der Waals surface area contributed by atoms with Crippen LogP contribution in [-0.2, 0) is 28.9 Å². The molecule has 9 nitrogen and oxygen atoms in total. The molecule has 4 aromatic rings. The van der Waals surface area contributed by atoms with Crippen molar-refractivity contribution in [1.82, 2.24) is 15.2 Å². The van der Waals surface area contributed by atoms with Gasteiger partial charge in [0.25, 0.3) is 0 Å². The Morgan fingerprint density at radius 2 is 1.79 bits per heavy atom. The zero-order chi connectivity index (χ0) is 29.8. The number of fused-ring (bicyclic) bond motifs is 6.